The zero-order valence-corrected chi connectivity index (χ0v) is 12.1. The largest absolute Gasteiger partial charge is 0.494 e. The lowest BCUT2D eigenvalue weighted by atomic mass is 10.1. The quantitative estimate of drug-likeness (QED) is 0.587. The smallest absolute Gasteiger partial charge is 0.188 e. The fraction of sp³-hybridized carbons (Fsp3) is 0.533. The van der Waals surface area contributed by atoms with E-state index in [1.54, 1.807) is 0 Å². The molecule has 106 valence electrons. The van der Waals surface area contributed by atoms with E-state index in [-0.39, 0.29) is 0 Å². The fourth-order valence-corrected chi connectivity index (χ4v) is 1.62. The van der Waals surface area contributed by atoms with Crippen LogP contribution in [-0.2, 0) is 6.54 Å². The number of nitrogens with zero attached hydrogens (tertiary/aromatic N) is 1. The lowest BCUT2D eigenvalue weighted by Crippen LogP contribution is -2.32. The summed E-state index contributed by atoms with van der Waals surface area (Å²) in [6, 6.07) is 7.93. The SMILES string of the molecule is CCOc1cccc(CN=C(N)NCCC(C)C)c1. The van der Waals surface area contributed by atoms with Gasteiger partial charge in [0, 0.05) is 6.54 Å². The molecule has 0 aliphatic rings. The van der Waals surface area contributed by atoms with Gasteiger partial charge in [0.15, 0.2) is 5.96 Å². The maximum absolute atomic E-state index is 5.81. The zero-order chi connectivity index (χ0) is 14.1. The van der Waals surface area contributed by atoms with E-state index in [1.807, 2.05) is 31.2 Å². The first-order chi connectivity index (χ1) is 9.11. The van der Waals surface area contributed by atoms with Crippen LogP contribution in [0.2, 0.25) is 0 Å². The highest BCUT2D eigenvalue weighted by molar-refractivity contribution is 5.77. The number of rotatable bonds is 7. The van der Waals surface area contributed by atoms with Crippen molar-refractivity contribution in [3.05, 3.63) is 29.8 Å². The molecular weight excluding hydrogens is 238 g/mol. The summed E-state index contributed by atoms with van der Waals surface area (Å²) in [5, 5.41) is 3.12. The third-order valence-electron chi connectivity index (χ3n) is 2.67. The van der Waals surface area contributed by atoms with Gasteiger partial charge in [0.05, 0.1) is 13.2 Å². The molecule has 0 aliphatic carbocycles. The predicted molar refractivity (Wildman–Crippen MR) is 80.4 cm³/mol. The molecule has 0 bridgehead atoms. The summed E-state index contributed by atoms with van der Waals surface area (Å²) in [5.41, 5.74) is 6.91. The average molecular weight is 263 g/mol. The molecule has 1 rings (SSSR count). The van der Waals surface area contributed by atoms with Gasteiger partial charge in [-0.3, -0.25) is 0 Å². The van der Waals surface area contributed by atoms with Crippen molar-refractivity contribution in [3.8, 4) is 5.75 Å². The summed E-state index contributed by atoms with van der Waals surface area (Å²) >= 11 is 0. The molecule has 0 aliphatic heterocycles. The molecule has 1 aromatic rings. The molecule has 0 heterocycles. The Morgan fingerprint density at radius 2 is 2.21 bits per heavy atom. The van der Waals surface area contributed by atoms with E-state index in [2.05, 4.69) is 24.2 Å². The standard InChI is InChI=1S/C15H25N3O/c1-4-19-14-7-5-6-13(10-14)11-18-15(16)17-9-8-12(2)3/h5-7,10,12H,4,8-9,11H2,1-3H3,(H3,16,17,18). The molecule has 0 spiro atoms. The molecule has 0 radical (unpaired) electrons. The average Bonchev–Trinajstić information content (AvgIpc) is 2.37. The molecule has 0 saturated heterocycles. The number of ether oxygens (including phenoxy) is 1. The van der Waals surface area contributed by atoms with E-state index in [4.69, 9.17) is 10.5 Å². The lowest BCUT2D eigenvalue weighted by molar-refractivity contribution is 0.340. The van der Waals surface area contributed by atoms with Crippen LogP contribution in [0.1, 0.15) is 32.8 Å². The second kappa shape index (κ2) is 8.40. The second-order valence-corrected chi connectivity index (χ2v) is 4.89. The normalized spacial score (nSPS) is 11.7. The van der Waals surface area contributed by atoms with Gasteiger partial charge in [0.25, 0.3) is 0 Å². The minimum absolute atomic E-state index is 0.502. The first-order valence-corrected chi connectivity index (χ1v) is 6.87. The van der Waals surface area contributed by atoms with Crippen LogP contribution >= 0.6 is 0 Å². The van der Waals surface area contributed by atoms with Gasteiger partial charge in [0.1, 0.15) is 5.75 Å². The van der Waals surface area contributed by atoms with Crippen molar-refractivity contribution in [2.24, 2.45) is 16.6 Å². The van der Waals surface area contributed by atoms with Gasteiger partial charge < -0.3 is 15.8 Å². The van der Waals surface area contributed by atoms with Crippen LogP contribution in [0.3, 0.4) is 0 Å². The number of benzene rings is 1. The van der Waals surface area contributed by atoms with Gasteiger partial charge in [-0.2, -0.15) is 0 Å². The van der Waals surface area contributed by atoms with Crippen molar-refractivity contribution in [3.63, 3.8) is 0 Å². The minimum Gasteiger partial charge on any atom is -0.494 e. The van der Waals surface area contributed by atoms with Crippen molar-refractivity contribution in [1.29, 1.82) is 0 Å². The maximum Gasteiger partial charge on any atom is 0.188 e. The summed E-state index contributed by atoms with van der Waals surface area (Å²) in [6.07, 6.45) is 1.09. The summed E-state index contributed by atoms with van der Waals surface area (Å²) in [5.74, 6) is 2.05. The summed E-state index contributed by atoms with van der Waals surface area (Å²) < 4.78 is 5.45. The summed E-state index contributed by atoms with van der Waals surface area (Å²) in [6.45, 7) is 8.46. The molecule has 0 unspecified atom stereocenters. The zero-order valence-electron chi connectivity index (χ0n) is 12.1. The third-order valence-corrected chi connectivity index (χ3v) is 2.67. The fourth-order valence-electron chi connectivity index (χ4n) is 1.62. The van der Waals surface area contributed by atoms with Crippen LogP contribution in [0.5, 0.6) is 5.75 Å². The van der Waals surface area contributed by atoms with Crippen molar-refractivity contribution >= 4 is 5.96 Å². The van der Waals surface area contributed by atoms with Crippen LogP contribution in [0.4, 0.5) is 0 Å². The monoisotopic (exact) mass is 263 g/mol. The number of aliphatic imine (C=N–C) groups is 1. The Morgan fingerprint density at radius 3 is 2.89 bits per heavy atom. The third kappa shape index (κ3) is 6.70. The lowest BCUT2D eigenvalue weighted by Gasteiger charge is -2.08. The Balaban J connectivity index is 2.43. The molecule has 1 aromatic carbocycles. The second-order valence-electron chi connectivity index (χ2n) is 4.89. The van der Waals surface area contributed by atoms with Crippen molar-refractivity contribution in [1.82, 2.24) is 5.32 Å². The molecule has 0 saturated carbocycles. The Kier molecular flexibility index (Phi) is 6.79. The minimum atomic E-state index is 0.502. The topological polar surface area (TPSA) is 59.6 Å². The Hall–Kier alpha value is -1.71. The first kappa shape index (κ1) is 15.3. The number of guanidine groups is 1. The number of nitrogens with two attached hydrogens (primary N) is 1. The van der Waals surface area contributed by atoms with E-state index >= 15 is 0 Å². The molecule has 0 aromatic heterocycles. The van der Waals surface area contributed by atoms with E-state index in [1.165, 1.54) is 0 Å². The van der Waals surface area contributed by atoms with Crippen LogP contribution in [0.25, 0.3) is 0 Å². The van der Waals surface area contributed by atoms with E-state index in [9.17, 15) is 0 Å². The summed E-state index contributed by atoms with van der Waals surface area (Å²) in [4.78, 5) is 4.32. The Morgan fingerprint density at radius 1 is 1.42 bits per heavy atom. The molecule has 0 fully saturated rings. The Labute approximate surface area is 116 Å². The highest BCUT2D eigenvalue weighted by Gasteiger charge is 1.97. The predicted octanol–water partition coefficient (Wildman–Crippen LogP) is 2.54. The van der Waals surface area contributed by atoms with Crippen LogP contribution in [0, 0.1) is 5.92 Å². The van der Waals surface area contributed by atoms with Crippen LogP contribution in [-0.4, -0.2) is 19.1 Å². The van der Waals surface area contributed by atoms with Crippen LogP contribution in [0.15, 0.2) is 29.3 Å². The van der Waals surface area contributed by atoms with Crippen LogP contribution < -0.4 is 15.8 Å². The van der Waals surface area contributed by atoms with Gasteiger partial charge in [-0.05, 0) is 37.0 Å². The van der Waals surface area contributed by atoms with Gasteiger partial charge in [0.2, 0.25) is 0 Å². The van der Waals surface area contributed by atoms with Crippen molar-refractivity contribution in [2.75, 3.05) is 13.2 Å². The molecule has 0 amide bonds. The number of hydrogen-bond donors (Lipinski definition) is 2. The molecule has 4 heteroatoms. The molecule has 4 nitrogen and oxygen atoms in total. The van der Waals surface area contributed by atoms with Gasteiger partial charge in [-0.1, -0.05) is 26.0 Å². The van der Waals surface area contributed by atoms with Gasteiger partial charge in [-0.15, -0.1) is 0 Å². The first-order valence-electron chi connectivity index (χ1n) is 6.87. The Bertz CT molecular complexity index is 402. The highest BCUT2D eigenvalue weighted by Crippen LogP contribution is 2.13. The van der Waals surface area contributed by atoms with Gasteiger partial charge >= 0.3 is 0 Å². The number of nitrogens with one attached hydrogen (secondary N) is 1. The van der Waals surface area contributed by atoms with E-state index in [0.29, 0.717) is 25.0 Å². The molecular formula is C15H25N3O. The van der Waals surface area contributed by atoms with E-state index < -0.39 is 0 Å². The van der Waals surface area contributed by atoms with E-state index in [0.717, 1.165) is 24.3 Å². The maximum atomic E-state index is 5.81. The summed E-state index contributed by atoms with van der Waals surface area (Å²) in [7, 11) is 0. The molecule has 0 atom stereocenters. The van der Waals surface area contributed by atoms with Gasteiger partial charge in [-0.25, -0.2) is 4.99 Å². The molecule has 19 heavy (non-hydrogen) atoms. The van der Waals surface area contributed by atoms with Crippen molar-refractivity contribution in [2.45, 2.75) is 33.7 Å². The highest BCUT2D eigenvalue weighted by atomic mass is 16.5. The number of hydrogen-bond acceptors (Lipinski definition) is 2. The van der Waals surface area contributed by atoms with Crippen molar-refractivity contribution < 1.29 is 4.74 Å². The molecule has 3 N–H and O–H groups in total.